The number of carbonyl (C=O) groups is 2. The number of furan rings is 1. The van der Waals surface area contributed by atoms with Crippen molar-refractivity contribution in [3.05, 3.63) is 71.7 Å². The molecule has 0 aliphatic carbocycles. The highest BCUT2D eigenvalue weighted by atomic mass is 16.5. The maximum absolute atomic E-state index is 12.6. The first-order valence-corrected chi connectivity index (χ1v) is 10.0. The standard InChI is InChI=1S/C24H26N2O6/c1-29-20-13-16(14-21(30-2)23(20)31-3)10-11-22(27)26-19-9-5-4-8-18(19)24(28)25-15-17-7-6-12-32-17/h4-9,12-14H,10-11,15H2,1-3H3,(H,25,28)(H,26,27). The van der Waals surface area contributed by atoms with Gasteiger partial charge in [-0.1, -0.05) is 12.1 Å². The summed E-state index contributed by atoms with van der Waals surface area (Å²) in [6, 6.07) is 14.0. The number of carbonyl (C=O) groups excluding carboxylic acids is 2. The molecule has 32 heavy (non-hydrogen) atoms. The van der Waals surface area contributed by atoms with Crippen LogP contribution in [0.15, 0.2) is 59.2 Å². The van der Waals surface area contributed by atoms with Crippen molar-refractivity contribution in [1.29, 1.82) is 0 Å². The Morgan fingerprint density at radius 3 is 2.28 bits per heavy atom. The molecule has 2 aromatic carbocycles. The number of nitrogens with one attached hydrogen (secondary N) is 2. The summed E-state index contributed by atoms with van der Waals surface area (Å²) >= 11 is 0. The van der Waals surface area contributed by atoms with Crippen LogP contribution in [-0.4, -0.2) is 33.1 Å². The van der Waals surface area contributed by atoms with Crippen molar-refractivity contribution >= 4 is 17.5 Å². The van der Waals surface area contributed by atoms with Crippen molar-refractivity contribution in [2.45, 2.75) is 19.4 Å². The van der Waals surface area contributed by atoms with Gasteiger partial charge in [-0.15, -0.1) is 0 Å². The highest BCUT2D eigenvalue weighted by molar-refractivity contribution is 6.03. The summed E-state index contributed by atoms with van der Waals surface area (Å²) in [4.78, 5) is 25.2. The molecule has 0 aliphatic rings. The van der Waals surface area contributed by atoms with Gasteiger partial charge in [-0.3, -0.25) is 9.59 Å². The Hall–Kier alpha value is -3.94. The molecule has 0 spiro atoms. The third kappa shape index (κ3) is 5.60. The molecule has 2 N–H and O–H groups in total. The van der Waals surface area contributed by atoms with Gasteiger partial charge >= 0.3 is 0 Å². The molecule has 3 aromatic rings. The van der Waals surface area contributed by atoms with E-state index < -0.39 is 0 Å². The Bertz CT molecular complexity index is 1040. The second-order valence-corrected chi connectivity index (χ2v) is 6.89. The second-order valence-electron chi connectivity index (χ2n) is 6.89. The fourth-order valence-corrected chi connectivity index (χ4v) is 3.22. The van der Waals surface area contributed by atoms with Gasteiger partial charge in [0.1, 0.15) is 5.76 Å². The lowest BCUT2D eigenvalue weighted by atomic mass is 10.1. The third-order valence-corrected chi connectivity index (χ3v) is 4.81. The van der Waals surface area contributed by atoms with Crippen LogP contribution in [0.1, 0.15) is 28.1 Å². The van der Waals surface area contributed by atoms with Crippen molar-refractivity contribution in [2.75, 3.05) is 26.6 Å². The second kappa shape index (κ2) is 10.9. The Kier molecular flexibility index (Phi) is 7.75. The van der Waals surface area contributed by atoms with Crippen molar-refractivity contribution in [3.63, 3.8) is 0 Å². The molecular formula is C24H26N2O6. The number of anilines is 1. The van der Waals surface area contributed by atoms with Crippen LogP contribution in [0.2, 0.25) is 0 Å². The van der Waals surface area contributed by atoms with E-state index in [0.29, 0.717) is 40.7 Å². The van der Waals surface area contributed by atoms with E-state index in [0.717, 1.165) is 5.56 Å². The average Bonchev–Trinajstić information content (AvgIpc) is 3.34. The highest BCUT2D eigenvalue weighted by Crippen LogP contribution is 2.38. The van der Waals surface area contributed by atoms with Crippen LogP contribution in [0.3, 0.4) is 0 Å². The van der Waals surface area contributed by atoms with Gasteiger partial charge in [0, 0.05) is 6.42 Å². The molecule has 0 atom stereocenters. The smallest absolute Gasteiger partial charge is 0.253 e. The average molecular weight is 438 g/mol. The molecule has 168 valence electrons. The Labute approximate surface area is 186 Å². The van der Waals surface area contributed by atoms with Crippen LogP contribution >= 0.6 is 0 Å². The zero-order valence-corrected chi connectivity index (χ0v) is 18.3. The van der Waals surface area contributed by atoms with E-state index in [4.69, 9.17) is 18.6 Å². The molecule has 0 saturated heterocycles. The number of benzene rings is 2. The molecule has 0 unspecified atom stereocenters. The van der Waals surface area contributed by atoms with Gasteiger partial charge in [0.05, 0.1) is 45.4 Å². The van der Waals surface area contributed by atoms with E-state index in [1.807, 2.05) is 12.1 Å². The number of rotatable bonds is 10. The minimum absolute atomic E-state index is 0.209. The number of hydrogen-bond donors (Lipinski definition) is 2. The first-order valence-electron chi connectivity index (χ1n) is 10.0. The van der Waals surface area contributed by atoms with Crippen LogP contribution in [0.5, 0.6) is 17.2 Å². The molecule has 0 bridgehead atoms. The van der Waals surface area contributed by atoms with Crippen LogP contribution in [-0.2, 0) is 17.8 Å². The quantitative estimate of drug-likeness (QED) is 0.500. The minimum atomic E-state index is -0.304. The van der Waals surface area contributed by atoms with Gasteiger partial charge in [0.15, 0.2) is 11.5 Å². The van der Waals surface area contributed by atoms with Crippen LogP contribution in [0.25, 0.3) is 0 Å². The normalized spacial score (nSPS) is 10.3. The lowest BCUT2D eigenvalue weighted by molar-refractivity contribution is -0.116. The summed E-state index contributed by atoms with van der Waals surface area (Å²) < 4.78 is 21.3. The van der Waals surface area contributed by atoms with Gasteiger partial charge < -0.3 is 29.3 Å². The molecule has 0 fully saturated rings. The first-order chi connectivity index (χ1) is 15.5. The van der Waals surface area contributed by atoms with Crippen LogP contribution < -0.4 is 24.8 Å². The van der Waals surface area contributed by atoms with Gasteiger partial charge in [-0.2, -0.15) is 0 Å². The fourth-order valence-electron chi connectivity index (χ4n) is 3.22. The topological polar surface area (TPSA) is 99.0 Å². The third-order valence-electron chi connectivity index (χ3n) is 4.81. The molecule has 8 nitrogen and oxygen atoms in total. The number of amides is 2. The highest BCUT2D eigenvalue weighted by Gasteiger charge is 2.16. The maximum atomic E-state index is 12.6. The molecule has 3 rings (SSSR count). The van der Waals surface area contributed by atoms with E-state index in [1.54, 1.807) is 56.9 Å². The van der Waals surface area contributed by atoms with Crippen molar-refractivity contribution in [1.82, 2.24) is 5.32 Å². The number of aryl methyl sites for hydroxylation is 1. The number of methoxy groups -OCH3 is 3. The first kappa shape index (κ1) is 22.7. The molecule has 0 aliphatic heterocycles. The SMILES string of the molecule is COc1cc(CCC(=O)Nc2ccccc2C(=O)NCc2ccco2)cc(OC)c1OC. The summed E-state index contributed by atoms with van der Waals surface area (Å²) in [7, 11) is 4.62. The van der Waals surface area contributed by atoms with Gasteiger partial charge in [-0.05, 0) is 48.4 Å². The predicted octanol–water partition coefficient (Wildman–Crippen LogP) is 3.81. The zero-order valence-electron chi connectivity index (χ0n) is 18.3. The molecule has 0 saturated carbocycles. The lowest BCUT2D eigenvalue weighted by Crippen LogP contribution is -2.24. The summed E-state index contributed by atoms with van der Waals surface area (Å²) in [6.07, 6.45) is 2.21. The minimum Gasteiger partial charge on any atom is -0.493 e. The summed E-state index contributed by atoms with van der Waals surface area (Å²) in [6.45, 7) is 0.259. The van der Waals surface area contributed by atoms with Gasteiger partial charge in [-0.25, -0.2) is 0 Å². The van der Waals surface area contributed by atoms with Crippen LogP contribution in [0, 0.1) is 0 Å². The molecule has 2 amide bonds. The number of hydrogen-bond acceptors (Lipinski definition) is 6. The van der Waals surface area contributed by atoms with Crippen molar-refractivity contribution < 1.29 is 28.2 Å². The summed E-state index contributed by atoms with van der Waals surface area (Å²) in [5.74, 6) is 1.68. The van der Waals surface area contributed by atoms with E-state index in [9.17, 15) is 9.59 Å². The Morgan fingerprint density at radius 1 is 0.938 bits per heavy atom. The van der Waals surface area contributed by atoms with E-state index in [2.05, 4.69) is 10.6 Å². The molecule has 1 heterocycles. The monoisotopic (exact) mass is 438 g/mol. The Morgan fingerprint density at radius 2 is 1.66 bits per heavy atom. The van der Waals surface area contributed by atoms with Crippen molar-refractivity contribution in [3.8, 4) is 17.2 Å². The predicted molar refractivity (Wildman–Crippen MR) is 119 cm³/mol. The molecule has 1 aromatic heterocycles. The maximum Gasteiger partial charge on any atom is 0.253 e. The lowest BCUT2D eigenvalue weighted by Gasteiger charge is -2.14. The van der Waals surface area contributed by atoms with Crippen molar-refractivity contribution in [2.24, 2.45) is 0 Å². The molecule has 8 heteroatoms. The Balaban J connectivity index is 1.64. The summed E-state index contributed by atoms with van der Waals surface area (Å²) in [5, 5.41) is 5.61. The van der Waals surface area contributed by atoms with Gasteiger partial charge in [0.2, 0.25) is 11.7 Å². The van der Waals surface area contributed by atoms with Crippen LogP contribution in [0.4, 0.5) is 5.69 Å². The largest absolute Gasteiger partial charge is 0.493 e. The van der Waals surface area contributed by atoms with E-state index >= 15 is 0 Å². The number of ether oxygens (including phenoxy) is 3. The van der Waals surface area contributed by atoms with E-state index in [-0.39, 0.29) is 24.8 Å². The fraction of sp³-hybridized carbons (Fsp3) is 0.250. The summed E-state index contributed by atoms with van der Waals surface area (Å²) in [5.41, 5.74) is 1.68. The molecule has 0 radical (unpaired) electrons. The molecular weight excluding hydrogens is 412 g/mol. The number of para-hydroxylation sites is 1. The van der Waals surface area contributed by atoms with E-state index in [1.165, 1.54) is 7.11 Å². The zero-order chi connectivity index (χ0) is 22.9. The van der Waals surface area contributed by atoms with Gasteiger partial charge in [0.25, 0.3) is 5.91 Å².